The van der Waals surface area contributed by atoms with E-state index in [1.54, 1.807) is 7.11 Å². The third-order valence-electron chi connectivity index (χ3n) is 3.84. The maximum atomic E-state index is 12.0. The first kappa shape index (κ1) is 18.6. The number of hydrogen-bond acceptors (Lipinski definition) is 3. The third-order valence-corrected chi connectivity index (χ3v) is 3.84. The summed E-state index contributed by atoms with van der Waals surface area (Å²) in [5, 5.41) is 5.59. The fourth-order valence-corrected chi connectivity index (χ4v) is 2.80. The molecule has 0 heterocycles. The van der Waals surface area contributed by atoms with Crippen LogP contribution in [0, 0.1) is 27.7 Å². The summed E-state index contributed by atoms with van der Waals surface area (Å²) in [4.78, 5) is 12.0. The number of amides is 2. The molecule has 2 aromatic rings. The summed E-state index contributed by atoms with van der Waals surface area (Å²) in [6.07, 6.45) is 0. The van der Waals surface area contributed by atoms with E-state index >= 15 is 0 Å². The molecule has 0 atom stereocenters. The lowest BCUT2D eigenvalue weighted by Gasteiger charge is -2.14. The Kier molecular flexibility index (Phi) is 6.28. The fraction of sp³-hybridized carbons (Fsp3) is 0.350. The quantitative estimate of drug-likeness (QED) is 0.776. The molecule has 0 aliphatic carbocycles. The van der Waals surface area contributed by atoms with E-state index in [1.807, 2.05) is 39.0 Å². The Morgan fingerprint density at radius 2 is 1.68 bits per heavy atom. The molecule has 2 rings (SSSR count). The first-order valence-electron chi connectivity index (χ1n) is 8.31. The largest absolute Gasteiger partial charge is 0.495 e. The minimum atomic E-state index is -0.287. The van der Waals surface area contributed by atoms with Crippen LogP contribution in [0.2, 0.25) is 0 Å². The highest BCUT2D eigenvalue weighted by atomic mass is 16.5. The first-order chi connectivity index (χ1) is 11.9. The number of hydrogen-bond donors (Lipinski definition) is 2. The van der Waals surface area contributed by atoms with Crippen molar-refractivity contribution in [1.29, 1.82) is 0 Å². The molecule has 0 bridgehead atoms. The maximum Gasteiger partial charge on any atom is 0.319 e. The van der Waals surface area contributed by atoms with Gasteiger partial charge in [-0.3, -0.25) is 0 Å². The smallest absolute Gasteiger partial charge is 0.319 e. The van der Waals surface area contributed by atoms with E-state index in [9.17, 15) is 4.79 Å². The highest BCUT2D eigenvalue weighted by molar-refractivity contribution is 5.91. The number of rotatable bonds is 6. The van der Waals surface area contributed by atoms with E-state index < -0.39 is 0 Å². The number of carbonyl (C=O) groups is 1. The number of methoxy groups -OCH3 is 1. The average Bonchev–Trinajstić information content (AvgIpc) is 2.53. The normalized spacial score (nSPS) is 10.3. The minimum absolute atomic E-state index is 0.287. The number of aryl methyl sites for hydroxylation is 4. The molecule has 5 nitrogen and oxygen atoms in total. The molecule has 0 saturated heterocycles. The Balaban J connectivity index is 1.85. The Morgan fingerprint density at radius 3 is 2.32 bits per heavy atom. The van der Waals surface area contributed by atoms with Gasteiger partial charge in [0.25, 0.3) is 0 Å². The zero-order valence-electron chi connectivity index (χ0n) is 15.5. The molecule has 0 aliphatic heterocycles. The van der Waals surface area contributed by atoms with Crippen molar-refractivity contribution in [2.24, 2.45) is 0 Å². The van der Waals surface area contributed by atoms with Gasteiger partial charge in [-0.25, -0.2) is 4.79 Å². The summed E-state index contributed by atoms with van der Waals surface area (Å²) >= 11 is 0. The standard InChI is InChI=1S/C20H26N2O3/c1-13-6-7-18(24-5)17(12-13)22-20(23)21-8-9-25-19-15(3)10-14(2)11-16(19)4/h6-7,10-12H,8-9H2,1-5H3,(H2,21,22,23). The van der Waals surface area contributed by atoms with E-state index in [0.29, 0.717) is 24.6 Å². The lowest BCUT2D eigenvalue weighted by molar-refractivity contribution is 0.247. The summed E-state index contributed by atoms with van der Waals surface area (Å²) in [6, 6.07) is 9.52. The molecule has 25 heavy (non-hydrogen) atoms. The van der Waals surface area contributed by atoms with Crippen molar-refractivity contribution >= 4 is 11.7 Å². The van der Waals surface area contributed by atoms with E-state index in [2.05, 4.69) is 29.7 Å². The summed E-state index contributed by atoms with van der Waals surface area (Å²) < 4.78 is 11.1. The molecule has 0 aromatic heterocycles. The second-order valence-electron chi connectivity index (χ2n) is 6.16. The van der Waals surface area contributed by atoms with Crippen LogP contribution in [0.15, 0.2) is 30.3 Å². The third kappa shape index (κ3) is 5.14. The van der Waals surface area contributed by atoms with E-state index in [4.69, 9.17) is 9.47 Å². The summed E-state index contributed by atoms with van der Waals surface area (Å²) in [5.41, 5.74) is 5.11. The van der Waals surface area contributed by atoms with Crippen LogP contribution < -0.4 is 20.1 Å². The molecule has 0 spiro atoms. The van der Waals surface area contributed by atoms with Crippen molar-refractivity contribution in [3.05, 3.63) is 52.6 Å². The topological polar surface area (TPSA) is 59.6 Å². The maximum absolute atomic E-state index is 12.0. The van der Waals surface area contributed by atoms with Crippen molar-refractivity contribution in [3.8, 4) is 11.5 Å². The molecule has 0 fully saturated rings. The lowest BCUT2D eigenvalue weighted by Crippen LogP contribution is -2.32. The van der Waals surface area contributed by atoms with Gasteiger partial charge in [-0.15, -0.1) is 0 Å². The highest BCUT2D eigenvalue weighted by Gasteiger charge is 2.08. The Morgan fingerprint density at radius 1 is 1.00 bits per heavy atom. The van der Waals surface area contributed by atoms with Crippen LogP contribution in [-0.4, -0.2) is 26.3 Å². The van der Waals surface area contributed by atoms with Crippen molar-refractivity contribution in [3.63, 3.8) is 0 Å². The van der Waals surface area contributed by atoms with E-state index in [-0.39, 0.29) is 6.03 Å². The van der Waals surface area contributed by atoms with Gasteiger partial charge in [-0.2, -0.15) is 0 Å². The van der Waals surface area contributed by atoms with Crippen LogP contribution in [0.25, 0.3) is 0 Å². The number of benzene rings is 2. The van der Waals surface area contributed by atoms with Crippen LogP contribution in [-0.2, 0) is 0 Å². The molecule has 2 amide bonds. The van der Waals surface area contributed by atoms with Crippen LogP contribution in [0.3, 0.4) is 0 Å². The van der Waals surface area contributed by atoms with Gasteiger partial charge >= 0.3 is 6.03 Å². The average molecular weight is 342 g/mol. The van der Waals surface area contributed by atoms with Crippen LogP contribution >= 0.6 is 0 Å². The fourth-order valence-electron chi connectivity index (χ4n) is 2.80. The Labute approximate surface area is 149 Å². The van der Waals surface area contributed by atoms with Gasteiger partial charge in [0.2, 0.25) is 0 Å². The summed E-state index contributed by atoms with van der Waals surface area (Å²) in [7, 11) is 1.58. The molecule has 0 unspecified atom stereocenters. The first-order valence-corrected chi connectivity index (χ1v) is 8.31. The van der Waals surface area contributed by atoms with Crippen LogP contribution in [0.4, 0.5) is 10.5 Å². The van der Waals surface area contributed by atoms with Gasteiger partial charge in [0.05, 0.1) is 19.3 Å². The van der Waals surface area contributed by atoms with Crippen molar-refractivity contribution in [2.75, 3.05) is 25.6 Å². The highest BCUT2D eigenvalue weighted by Crippen LogP contribution is 2.25. The molecule has 2 aromatic carbocycles. The summed E-state index contributed by atoms with van der Waals surface area (Å²) in [6.45, 7) is 8.90. The zero-order valence-corrected chi connectivity index (χ0v) is 15.5. The predicted octanol–water partition coefficient (Wildman–Crippen LogP) is 4.13. The second-order valence-corrected chi connectivity index (χ2v) is 6.16. The van der Waals surface area contributed by atoms with Crippen molar-refractivity contribution in [1.82, 2.24) is 5.32 Å². The SMILES string of the molecule is COc1ccc(C)cc1NC(=O)NCCOc1c(C)cc(C)cc1C. The van der Waals surface area contributed by atoms with Gasteiger partial charge in [0, 0.05) is 0 Å². The number of ether oxygens (including phenoxy) is 2. The van der Waals surface area contributed by atoms with E-state index in [1.165, 1.54) is 5.56 Å². The van der Waals surface area contributed by atoms with Crippen molar-refractivity contribution < 1.29 is 14.3 Å². The molecule has 134 valence electrons. The molecular weight excluding hydrogens is 316 g/mol. The van der Waals surface area contributed by atoms with Gasteiger partial charge in [0.1, 0.15) is 18.1 Å². The number of carbonyl (C=O) groups excluding carboxylic acids is 1. The van der Waals surface area contributed by atoms with Crippen LogP contribution in [0.5, 0.6) is 11.5 Å². The molecule has 5 heteroatoms. The predicted molar refractivity (Wildman–Crippen MR) is 101 cm³/mol. The van der Waals surface area contributed by atoms with Gasteiger partial charge in [-0.1, -0.05) is 23.8 Å². The van der Waals surface area contributed by atoms with Gasteiger partial charge in [0.15, 0.2) is 0 Å². The number of urea groups is 1. The molecular formula is C20H26N2O3. The molecule has 0 radical (unpaired) electrons. The molecule has 0 saturated carbocycles. The zero-order chi connectivity index (χ0) is 18.4. The minimum Gasteiger partial charge on any atom is -0.495 e. The lowest BCUT2D eigenvalue weighted by atomic mass is 10.1. The second kappa shape index (κ2) is 8.42. The van der Waals surface area contributed by atoms with Gasteiger partial charge < -0.3 is 20.1 Å². The molecule has 0 aliphatic rings. The van der Waals surface area contributed by atoms with E-state index in [0.717, 1.165) is 22.4 Å². The Bertz CT molecular complexity index is 734. The van der Waals surface area contributed by atoms with Crippen molar-refractivity contribution in [2.45, 2.75) is 27.7 Å². The molecule has 2 N–H and O–H groups in total. The number of anilines is 1. The Hall–Kier alpha value is -2.69. The monoisotopic (exact) mass is 342 g/mol. The number of nitrogens with one attached hydrogen (secondary N) is 2. The van der Waals surface area contributed by atoms with Crippen LogP contribution in [0.1, 0.15) is 22.3 Å². The summed E-state index contributed by atoms with van der Waals surface area (Å²) in [5.74, 6) is 1.51. The van der Waals surface area contributed by atoms with Gasteiger partial charge in [-0.05, 0) is 56.5 Å².